The maximum Gasteiger partial charge on any atom is 0.0638 e. The SMILES string of the molecule is C=C(/C=C1\C(=C(/C)C(C)(C)C)CN=CC1Cc1cccc(C)c1C)C(C)(C)C. The monoisotopic (exact) mass is 377 g/mol. The van der Waals surface area contributed by atoms with E-state index in [4.69, 9.17) is 4.99 Å². The summed E-state index contributed by atoms with van der Waals surface area (Å²) in [5.41, 5.74) is 9.79. The molecule has 1 aliphatic rings. The van der Waals surface area contributed by atoms with Gasteiger partial charge >= 0.3 is 0 Å². The Kier molecular flexibility index (Phi) is 6.58. The van der Waals surface area contributed by atoms with Crippen LogP contribution in [0.2, 0.25) is 0 Å². The van der Waals surface area contributed by atoms with E-state index in [0.717, 1.165) is 13.0 Å². The van der Waals surface area contributed by atoms with Gasteiger partial charge < -0.3 is 0 Å². The highest BCUT2D eigenvalue weighted by Gasteiger charge is 2.27. The van der Waals surface area contributed by atoms with Gasteiger partial charge in [-0.05, 0) is 71.4 Å². The number of allylic oxidation sites excluding steroid dienone is 3. The van der Waals surface area contributed by atoms with Crippen LogP contribution in [0.3, 0.4) is 0 Å². The summed E-state index contributed by atoms with van der Waals surface area (Å²) < 4.78 is 0. The van der Waals surface area contributed by atoms with Gasteiger partial charge in [-0.2, -0.15) is 0 Å². The number of aliphatic imine (C=N–C) groups is 1. The molecular formula is C27H39N. The molecule has 1 heterocycles. The molecule has 0 aromatic heterocycles. The first kappa shape index (κ1) is 22.4. The summed E-state index contributed by atoms with van der Waals surface area (Å²) in [6, 6.07) is 6.63. The zero-order valence-electron chi connectivity index (χ0n) is 19.5. The molecule has 0 N–H and O–H groups in total. The number of rotatable bonds is 3. The van der Waals surface area contributed by atoms with Crippen molar-refractivity contribution in [1.29, 1.82) is 0 Å². The quantitative estimate of drug-likeness (QED) is 0.519. The van der Waals surface area contributed by atoms with Gasteiger partial charge in [0, 0.05) is 12.1 Å². The van der Waals surface area contributed by atoms with Crippen molar-refractivity contribution in [2.45, 2.75) is 68.7 Å². The van der Waals surface area contributed by atoms with Crippen LogP contribution in [-0.4, -0.2) is 12.8 Å². The highest BCUT2D eigenvalue weighted by Crippen LogP contribution is 2.38. The molecule has 28 heavy (non-hydrogen) atoms. The molecule has 0 radical (unpaired) electrons. The van der Waals surface area contributed by atoms with Crippen molar-refractivity contribution in [3.63, 3.8) is 0 Å². The predicted octanol–water partition coefficient (Wildman–Crippen LogP) is 7.44. The lowest BCUT2D eigenvalue weighted by atomic mass is 9.75. The maximum atomic E-state index is 4.79. The highest BCUT2D eigenvalue weighted by molar-refractivity contribution is 5.72. The van der Waals surface area contributed by atoms with Gasteiger partial charge in [-0.15, -0.1) is 0 Å². The van der Waals surface area contributed by atoms with E-state index >= 15 is 0 Å². The summed E-state index contributed by atoms with van der Waals surface area (Å²) in [5, 5.41) is 0. The molecule has 1 unspecified atom stereocenters. The second-order valence-electron chi connectivity index (χ2n) is 10.4. The fourth-order valence-corrected chi connectivity index (χ4v) is 3.49. The third kappa shape index (κ3) is 5.13. The predicted molar refractivity (Wildman–Crippen MR) is 125 cm³/mol. The number of benzene rings is 1. The van der Waals surface area contributed by atoms with Crippen LogP contribution in [0.25, 0.3) is 0 Å². The summed E-state index contributed by atoms with van der Waals surface area (Å²) in [6.07, 6.45) is 5.51. The van der Waals surface area contributed by atoms with Crippen LogP contribution in [0.1, 0.15) is 65.2 Å². The standard InChI is InChI=1S/C27H39N/c1-18-12-11-13-22(20(18)3)15-23-16-28-17-25(21(4)27(8,9)10)24(23)14-19(2)26(5,6)7/h11-14,16,23H,2,15,17H2,1,3-10H3/b24-14-,25-21+. The number of aryl methyl sites for hydroxylation is 1. The lowest BCUT2D eigenvalue weighted by Crippen LogP contribution is -2.23. The first-order valence-electron chi connectivity index (χ1n) is 10.5. The van der Waals surface area contributed by atoms with E-state index < -0.39 is 0 Å². The maximum absolute atomic E-state index is 4.79. The van der Waals surface area contributed by atoms with E-state index in [1.807, 2.05) is 0 Å². The molecule has 152 valence electrons. The van der Waals surface area contributed by atoms with Gasteiger partial charge in [0.25, 0.3) is 0 Å². The summed E-state index contributed by atoms with van der Waals surface area (Å²) in [4.78, 5) is 4.79. The Morgan fingerprint density at radius 3 is 2.32 bits per heavy atom. The zero-order chi connectivity index (χ0) is 21.3. The minimum Gasteiger partial charge on any atom is -0.292 e. The summed E-state index contributed by atoms with van der Waals surface area (Å²) >= 11 is 0. The third-order valence-corrected chi connectivity index (χ3v) is 6.31. The molecule has 0 bridgehead atoms. The van der Waals surface area contributed by atoms with Crippen molar-refractivity contribution in [1.82, 2.24) is 0 Å². The van der Waals surface area contributed by atoms with E-state index in [2.05, 4.69) is 99.4 Å². The minimum absolute atomic E-state index is 0.0616. The molecule has 1 aromatic rings. The summed E-state index contributed by atoms with van der Waals surface area (Å²) in [5.74, 6) is 0.292. The van der Waals surface area contributed by atoms with Gasteiger partial charge in [0.2, 0.25) is 0 Å². The Bertz CT molecular complexity index is 832. The number of nitrogens with zero attached hydrogens (tertiary/aromatic N) is 1. The van der Waals surface area contributed by atoms with E-state index in [-0.39, 0.29) is 10.8 Å². The molecule has 0 amide bonds. The van der Waals surface area contributed by atoms with E-state index in [0.29, 0.717) is 5.92 Å². The average Bonchev–Trinajstić information content (AvgIpc) is 2.58. The largest absolute Gasteiger partial charge is 0.292 e. The summed E-state index contributed by atoms with van der Waals surface area (Å²) in [6.45, 7) is 25.5. The molecule has 1 aliphatic heterocycles. The second-order valence-corrected chi connectivity index (χ2v) is 10.4. The van der Waals surface area contributed by atoms with Crippen molar-refractivity contribution >= 4 is 6.21 Å². The lowest BCUT2D eigenvalue weighted by Gasteiger charge is -2.31. The normalized spacial score (nSPS) is 21.2. The van der Waals surface area contributed by atoms with Crippen LogP contribution in [0, 0.1) is 30.6 Å². The van der Waals surface area contributed by atoms with Crippen LogP contribution >= 0.6 is 0 Å². The number of hydrogen-bond donors (Lipinski definition) is 0. The fourth-order valence-electron chi connectivity index (χ4n) is 3.49. The van der Waals surface area contributed by atoms with Gasteiger partial charge in [0.05, 0.1) is 6.54 Å². The first-order chi connectivity index (χ1) is 12.8. The van der Waals surface area contributed by atoms with Crippen LogP contribution in [0.15, 0.2) is 58.1 Å². The molecule has 0 saturated heterocycles. The molecular weight excluding hydrogens is 338 g/mol. The smallest absolute Gasteiger partial charge is 0.0638 e. The van der Waals surface area contributed by atoms with Gasteiger partial charge in [-0.3, -0.25) is 4.99 Å². The molecule has 0 fully saturated rings. The second kappa shape index (κ2) is 8.23. The molecule has 1 atom stereocenters. The van der Waals surface area contributed by atoms with Gasteiger partial charge in [0.1, 0.15) is 0 Å². The molecule has 0 saturated carbocycles. The van der Waals surface area contributed by atoms with Gasteiger partial charge in [-0.25, -0.2) is 0 Å². The molecule has 1 nitrogen and oxygen atoms in total. The van der Waals surface area contributed by atoms with Crippen LogP contribution in [-0.2, 0) is 6.42 Å². The molecule has 1 aromatic carbocycles. The van der Waals surface area contributed by atoms with Crippen molar-refractivity contribution < 1.29 is 0 Å². The number of hydrogen-bond acceptors (Lipinski definition) is 1. The first-order valence-corrected chi connectivity index (χ1v) is 10.5. The van der Waals surface area contributed by atoms with Crippen LogP contribution < -0.4 is 0 Å². The molecule has 2 rings (SSSR count). The Hall–Kier alpha value is -1.89. The van der Waals surface area contributed by atoms with Gasteiger partial charge in [-0.1, -0.05) is 78.0 Å². The van der Waals surface area contributed by atoms with E-state index in [9.17, 15) is 0 Å². The summed E-state index contributed by atoms with van der Waals surface area (Å²) in [7, 11) is 0. The highest BCUT2D eigenvalue weighted by atomic mass is 14.7. The van der Waals surface area contributed by atoms with Crippen molar-refractivity contribution in [3.8, 4) is 0 Å². The topological polar surface area (TPSA) is 12.4 Å². The third-order valence-electron chi connectivity index (χ3n) is 6.31. The molecule has 0 aliphatic carbocycles. The minimum atomic E-state index is 0.0616. The van der Waals surface area contributed by atoms with E-state index in [1.165, 1.54) is 39.0 Å². The average molecular weight is 378 g/mol. The van der Waals surface area contributed by atoms with Crippen LogP contribution in [0.5, 0.6) is 0 Å². The lowest BCUT2D eigenvalue weighted by molar-refractivity contribution is 0.495. The Labute approximate surface area is 173 Å². The Morgan fingerprint density at radius 1 is 1.11 bits per heavy atom. The van der Waals surface area contributed by atoms with Crippen LogP contribution in [0.4, 0.5) is 0 Å². The van der Waals surface area contributed by atoms with Crippen molar-refractivity contribution in [2.24, 2.45) is 21.7 Å². The Balaban J connectivity index is 2.58. The zero-order valence-corrected chi connectivity index (χ0v) is 19.5. The van der Waals surface area contributed by atoms with Crippen molar-refractivity contribution in [2.75, 3.05) is 6.54 Å². The fraction of sp³-hybridized carbons (Fsp3) is 0.519. The Morgan fingerprint density at radius 2 is 1.75 bits per heavy atom. The molecule has 0 spiro atoms. The molecule has 1 heteroatoms. The van der Waals surface area contributed by atoms with Crippen molar-refractivity contribution in [3.05, 3.63) is 69.8 Å². The van der Waals surface area contributed by atoms with E-state index in [1.54, 1.807) is 0 Å². The van der Waals surface area contributed by atoms with Gasteiger partial charge in [0.15, 0.2) is 0 Å².